The number of ether oxygens (including phenoxy) is 1. The molecule has 0 spiro atoms. The van der Waals surface area contributed by atoms with Gasteiger partial charge < -0.3 is 10.1 Å². The Morgan fingerprint density at radius 3 is 2.40 bits per heavy atom. The molecule has 8 heteroatoms. The first kappa shape index (κ1) is 18.9. The van der Waals surface area contributed by atoms with E-state index in [0.717, 1.165) is 4.31 Å². The number of anilines is 1. The number of nitrogens with one attached hydrogen (secondary N) is 1. The summed E-state index contributed by atoms with van der Waals surface area (Å²) in [4.78, 5) is 11.1. The van der Waals surface area contributed by atoms with E-state index in [9.17, 15) is 17.6 Å². The molecule has 6 nitrogen and oxygen atoms in total. The van der Waals surface area contributed by atoms with Gasteiger partial charge in [-0.25, -0.2) is 12.8 Å². The van der Waals surface area contributed by atoms with Crippen molar-refractivity contribution in [1.29, 1.82) is 0 Å². The van der Waals surface area contributed by atoms with Gasteiger partial charge in [-0.3, -0.25) is 4.79 Å². The Hall–Kier alpha value is -2.45. The molecule has 0 heterocycles. The van der Waals surface area contributed by atoms with Crippen LogP contribution >= 0.6 is 0 Å². The average Bonchev–Trinajstić information content (AvgIpc) is 2.56. The van der Waals surface area contributed by atoms with Crippen molar-refractivity contribution in [2.75, 3.05) is 25.5 Å². The predicted octanol–water partition coefficient (Wildman–Crippen LogP) is 2.48. The molecular formula is C17H19FN2O4S. The van der Waals surface area contributed by atoms with E-state index in [4.69, 9.17) is 4.74 Å². The maximum Gasteiger partial charge on any atom is 0.242 e. The molecule has 2 aromatic carbocycles. The van der Waals surface area contributed by atoms with E-state index in [1.165, 1.54) is 50.4 Å². The normalized spacial score (nSPS) is 11.4. The second-order valence-electron chi connectivity index (χ2n) is 5.31. The highest BCUT2D eigenvalue weighted by Gasteiger charge is 2.20. The number of hydrogen-bond donors (Lipinski definition) is 1. The van der Waals surface area contributed by atoms with Crippen LogP contribution in [-0.4, -0.2) is 38.8 Å². The molecular weight excluding hydrogens is 347 g/mol. The molecule has 0 atom stereocenters. The monoisotopic (exact) mass is 366 g/mol. The van der Waals surface area contributed by atoms with Crippen molar-refractivity contribution >= 4 is 21.6 Å². The van der Waals surface area contributed by atoms with E-state index in [1.54, 1.807) is 12.1 Å². The van der Waals surface area contributed by atoms with E-state index < -0.39 is 15.8 Å². The van der Waals surface area contributed by atoms with Crippen molar-refractivity contribution in [3.8, 4) is 5.75 Å². The second-order valence-corrected chi connectivity index (χ2v) is 7.36. The molecule has 134 valence electrons. The number of hydrogen-bond acceptors (Lipinski definition) is 4. The summed E-state index contributed by atoms with van der Waals surface area (Å²) >= 11 is 0. The summed E-state index contributed by atoms with van der Waals surface area (Å²) in [5, 5.41) is 2.57. The maximum absolute atomic E-state index is 13.5. The summed E-state index contributed by atoms with van der Waals surface area (Å²) in [5.41, 5.74) is 0.511. The van der Waals surface area contributed by atoms with Crippen molar-refractivity contribution in [2.24, 2.45) is 0 Å². The molecule has 0 aliphatic heterocycles. The van der Waals surface area contributed by atoms with Gasteiger partial charge in [0.15, 0.2) is 11.6 Å². The molecule has 1 N–H and O–H groups in total. The molecule has 0 fully saturated rings. The van der Waals surface area contributed by atoms with Gasteiger partial charge in [-0.2, -0.15) is 4.31 Å². The van der Waals surface area contributed by atoms with Crippen LogP contribution in [0, 0.1) is 5.82 Å². The zero-order chi connectivity index (χ0) is 18.4. The quantitative estimate of drug-likeness (QED) is 0.817. The number of carbonyl (C=O) groups is 1. The van der Waals surface area contributed by atoms with E-state index in [0.29, 0.717) is 5.69 Å². The van der Waals surface area contributed by atoms with Crippen molar-refractivity contribution in [3.05, 3.63) is 54.3 Å². The number of benzene rings is 2. The lowest BCUT2D eigenvalue weighted by atomic mass is 10.3. The highest BCUT2D eigenvalue weighted by molar-refractivity contribution is 7.89. The maximum atomic E-state index is 13.5. The lowest BCUT2D eigenvalue weighted by molar-refractivity contribution is -0.114. The Kier molecular flexibility index (Phi) is 6.11. The first-order chi connectivity index (χ1) is 11.8. The Morgan fingerprint density at radius 2 is 1.80 bits per heavy atom. The lowest BCUT2D eigenvalue weighted by Gasteiger charge is -2.18. The van der Waals surface area contributed by atoms with Crippen LogP contribution in [0.5, 0.6) is 5.75 Å². The van der Waals surface area contributed by atoms with Crippen molar-refractivity contribution in [1.82, 2.24) is 4.31 Å². The van der Waals surface area contributed by atoms with Crippen molar-refractivity contribution in [3.63, 3.8) is 0 Å². The molecule has 0 radical (unpaired) electrons. The fourth-order valence-electron chi connectivity index (χ4n) is 2.06. The lowest BCUT2D eigenvalue weighted by Crippen LogP contribution is -2.31. The Morgan fingerprint density at radius 1 is 1.16 bits per heavy atom. The number of halogens is 1. The minimum Gasteiger partial charge on any atom is -0.489 e. The molecule has 0 aliphatic carbocycles. The summed E-state index contributed by atoms with van der Waals surface area (Å²) in [6.07, 6.45) is 0. The molecule has 0 bridgehead atoms. The number of rotatable bonds is 7. The Labute approximate surface area is 146 Å². The van der Waals surface area contributed by atoms with Crippen molar-refractivity contribution in [2.45, 2.75) is 11.8 Å². The summed E-state index contributed by atoms with van der Waals surface area (Å²) in [6.45, 7) is 1.44. The number of nitrogens with zero attached hydrogens (tertiary/aromatic N) is 1. The van der Waals surface area contributed by atoms with Gasteiger partial charge in [0, 0.05) is 26.2 Å². The minimum atomic E-state index is -3.70. The van der Waals surface area contributed by atoms with Crippen LogP contribution < -0.4 is 10.1 Å². The molecule has 0 aliphatic rings. The van der Waals surface area contributed by atoms with Crippen LogP contribution in [0.3, 0.4) is 0 Å². The highest BCUT2D eigenvalue weighted by atomic mass is 32.2. The van der Waals surface area contributed by atoms with Crippen molar-refractivity contribution < 1.29 is 22.3 Å². The van der Waals surface area contributed by atoms with E-state index in [-0.39, 0.29) is 29.7 Å². The van der Waals surface area contributed by atoms with Crippen LogP contribution in [0.15, 0.2) is 53.4 Å². The van der Waals surface area contributed by atoms with Gasteiger partial charge in [0.05, 0.1) is 4.90 Å². The zero-order valence-corrected chi connectivity index (χ0v) is 14.7. The van der Waals surface area contributed by atoms with Gasteiger partial charge in [0.2, 0.25) is 15.9 Å². The van der Waals surface area contributed by atoms with E-state index in [2.05, 4.69) is 5.32 Å². The van der Waals surface area contributed by atoms with Crippen LogP contribution in [0.1, 0.15) is 6.92 Å². The topological polar surface area (TPSA) is 75.7 Å². The molecule has 0 unspecified atom stereocenters. The first-order valence-corrected chi connectivity index (χ1v) is 8.96. The number of carbonyl (C=O) groups excluding carboxylic acids is 1. The second kappa shape index (κ2) is 8.09. The Bertz CT molecular complexity index is 838. The van der Waals surface area contributed by atoms with Gasteiger partial charge in [-0.15, -0.1) is 0 Å². The highest BCUT2D eigenvalue weighted by Crippen LogP contribution is 2.18. The fraction of sp³-hybridized carbons (Fsp3) is 0.235. The van der Waals surface area contributed by atoms with Gasteiger partial charge >= 0.3 is 0 Å². The molecule has 25 heavy (non-hydrogen) atoms. The fourth-order valence-corrected chi connectivity index (χ4v) is 3.21. The average molecular weight is 366 g/mol. The minimum absolute atomic E-state index is 0.0145. The summed E-state index contributed by atoms with van der Waals surface area (Å²) in [5.74, 6) is -0.660. The van der Waals surface area contributed by atoms with Crippen LogP contribution in [0.25, 0.3) is 0 Å². The molecule has 0 aromatic heterocycles. The van der Waals surface area contributed by atoms with Gasteiger partial charge in [0.1, 0.15) is 6.61 Å². The third-order valence-corrected chi connectivity index (χ3v) is 5.25. The molecule has 0 saturated carbocycles. The van der Waals surface area contributed by atoms with E-state index in [1.807, 2.05) is 0 Å². The number of likely N-dealkylation sites (N-methyl/N-ethyl adjacent to an activating group) is 1. The number of para-hydroxylation sites is 1. The summed E-state index contributed by atoms with van der Waals surface area (Å²) < 4.78 is 44.8. The number of sulfonamides is 1. The number of amides is 1. The third kappa shape index (κ3) is 5.01. The first-order valence-electron chi connectivity index (χ1n) is 7.52. The largest absolute Gasteiger partial charge is 0.489 e. The van der Waals surface area contributed by atoms with E-state index >= 15 is 0 Å². The third-order valence-electron chi connectivity index (χ3n) is 3.38. The van der Waals surface area contributed by atoms with Crippen LogP contribution in [-0.2, 0) is 14.8 Å². The standard InChI is InChI=1S/C17H19FN2O4S/c1-13(21)19-14-7-9-15(10-8-14)25(22,23)20(2)11-12-24-17-6-4-3-5-16(17)18/h3-10H,11-12H2,1-2H3,(H,19,21). The molecule has 2 aromatic rings. The van der Waals surface area contributed by atoms with Crippen LogP contribution in [0.4, 0.5) is 10.1 Å². The predicted molar refractivity (Wildman–Crippen MR) is 92.5 cm³/mol. The van der Waals surface area contributed by atoms with Gasteiger partial charge in [-0.1, -0.05) is 12.1 Å². The van der Waals surface area contributed by atoms with Gasteiger partial charge in [0.25, 0.3) is 0 Å². The summed E-state index contributed by atoms with van der Waals surface area (Å²) in [6, 6.07) is 11.8. The van der Waals surface area contributed by atoms with Crippen LogP contribution in [0.2, 0.25) is 0 Å². The van der Waals surface area contributed by atoms with Gasteiger partial charge in [-0.05, 0) is 36.4 Å². The SMILES string of the molecule is CC(=O)Nc1ccc(S(=O)(=O)N(C)CCOc2ccccc2F)cc1. The molecule has 1 amide bonds. The molecule has 0 saturated heterocycles. The molecule has 2 rings (SSSR count). The Balaban J connectivity index is 1.98. The smallest absolute Gasteiger partial charge is 0.242 e. The zero-order valence-electron chi connectivity index (χ0n) is 13.9. The summed E-state index contributed by atoms with van der Waals surface area (Å²) in [7, 11) is -2.28.